The number of carbonyl (C=O) groups excluding carboxylic acids is 4. The number of piperidine rings is 1. The molecule has 4 amide bonds. The molecule has 0 radical (unpaired) electrons. The van der Waals surface area contributed by atoms with Crippen LogP contribution in [0.1, 0.15) is 33.6 Å². The third kappa shape index (κ3) is 8.10. The molecule has 14 heteroatoms. The molecule has 0 saturated carbocycles. The number of pyridine rings is 1. The average molecular weight is 686 g/mol. The number of rotatable bonds is 17. The Balaban J connectivity index is 0.799. The smallest absolute Gasteiger partial charge is 0.262 e. The van der Waals surface area contributed by atoms with Crippen molar-refractivity contribution in [3.05, 3.63) is 78.1 Å². The molecule has 0 bridgehead atoms. The van der Waals surface area contributed by atoms with Crippen LogP contribution in [0.3, 0.4) is 0 Å². The molecule has 2 aromatic carbocycles. The summed E-state index contributed by atoms with van der Waals surface area (Å²) in [7, 11) is 4.01. The van der Waals surface area contributed by atoms with Crippen molar-refractivity contribution >= 4 is 35.0 Å². The van der Waals surface area contributed by atoms with Gasteiger partial charge in [0.2, 0.25) is 11.8 Å². The first kappa shape index (κ1) is 34.5. The predicted molar refractivity (Wildman–Crippen MR) is 182 cm³/mol. The molecule has 2 aromatic heterocycles. The zero-order chi connectivity index (χ0) is 35.0. The molecule has 1 unspecified atom stereocenters. The van der Waals surface area contributed by atoms with Gasteiger partial charge < -0.3 is 33.0 Å². The van der Waals surface area contributed by atoms with Crippen molar-refractivity contribution in [3.8, 4) is 22.8 Å². The second-order valence-corrected chi connectivity index (χ2v) is 11.9. The molecule has 1 N–H and O–H groups in total. The van der Waals surface area contributed by atoms with Crippen LogP contribution in [0.15, 0.2) is 67.0 Å². The largest absolute Gasteiger partial charge is 0.491 e. The van der Waals surface area contributed by atoms with Gasteiger partial charge in [-0.1, -0.05) is 0 Å². The van der Waals surface area contributed by atoms with Gasteiger partial charge in [-0.05, 0) is 55.0 Å². The Morgan fingerprint density at radius 2 is 1.38 bits per heavy atom. The number of imide groups is 2. The highest BCUT2D eigenvalue weighted by Crippen LogP contribution is 2.30. The molecular formula is C36H39N5O9. The van der Waals surface area contributed by atoms with Crippen molar-refractivity contribution in [2.75, 3.05) is 71.9 Å². The molecule has 4 heterocycles. The summed E-state index contributed by atoms with van der Waals surface area (Å²) in [6.45, 7) is 2.96. The maximum atomic E-state index is 12.9. The monoisotopic (exact) mass is 685 g/mol. The summed E-state index contributed by atoms with van der Waals surface area (Å²) < 4.78 is 30.2. The first-order chi connectivity index (χ1) is 24.3. The van der Waals surface area contributed by atoms with Gasteiger partial charge in [0.05, 0.1) is 56.5 Å². The van der Waals surface area contributed by atoms with E-state index in [2.05, 4.69) is 17.4 Å². The number of anilines is 1. The molecule has 0 spiro atoms. The van der Waals surface area contributed by atoms with E-state index in [0.717, 1.165) is 33.2 Å². The molecule has 1 atom stereocenters. The Labute approximate surface area is 288 Å². The molecule has 0 aliphatic carbocycles. The third-order valence-electron chi connectivity index (χ3n) is 8.26. The van der Waals surface area contributed by atoms with E-state index < -0.39 is 29.7 Å². The quantitative estimate of drug-likeness (QED) is 0.129. The highest BCUT2D eigenvalue weighted by atomic mass is 16.6. The van der Waals surface area contributed by atoms with E-state index in [4.69, 9.17) is 28.7 Å². The van der Waals surface area contributed by atoms with Gasteiger partial charge in [0.1, 0.15) is 36.4 Å². The van der Waals surface area contributed by atoms with Gasteiger partial charge in [-0.15, -0.1) is 0 Å². The van der Waals surface area contributed by atoms with Gasteiger partial charge >= 0.3 is 0 Å². The normalized spacial score (nSPS) is 15.8. The van der Waals surface area contributed by atoms with Crippen molar-refractivity contribution in [2.24, 2.45) is 0 Å². The molecule has 6 rings (SSSR count). The van der Waals surface area contributed by atoms with Crippen LogP contribution in [0.25, 0.3) is 16.9 Å². The van der Waals surface area contributed by atoms with E-state index >= 15 is 0 Å². The first-order valence-corrected chi connectivity index (χ1v) is 16.4. The average Bonchev–Trinajstić information content (AvgIpc) is 3.65. The molecular weight excluding hydrogens is 646 g/mol. The van der Waals surface area contributed by atoms with Gasteiger partial charge in [-0.3, -0.25) is 29.4 Å². The molecule has 262 valence electrons. The fourth-order valence-electron chi connectivity index (χ4n) is 5.63. The first-order valence-electron chi connectivity index (χ1n) is 16.4. The molecule has 2 aliphatic rings. The molecule has 1 saturated heterocycles. The molecule has 1 fully saturated rings. The number of carbonyl (C=O) groups is 4. The maximum absolute atomic E-state index is 12.9. The topological polar surface area (TPSA) is 150 Å². The lowest BCUT2D eigenvalue weighted by Gasteiger charge is -2.27. The lowest BCUT2D eigenvalue weighted by atomic mass is 10.0. The van der Waals surface area contributed by atoms with Gasteiger partial charge in [0.25, 0.3) is 11.8 Å². The van der Waals surface area contributed by atoms with Crippen molar-refractivity contribution < 1.29 is 42.9 Å². The number of imidazole rings is 1. The van der Waals surface area contributed by atoms with Crippen LogP contribution in [0.4, 0.5) is 5.69 Å². The van der Waals surface area contributed by atoms with E-state index in [1.165, 1.54) is 12.1 Å². The number of amides is 4. The SMILES string of the molecule is CN(C)c1ccn2cc(-c3ccc(OCCOCCOCCOCCOc4ccc5c(c4)C(=O)N(C4CCC(=O)NC4=O)C5=O)cc3)nc2c1. The second-order valence-electron chi connectivity index (χ2n) is 11.9. The van der Waals surface area contributed by atoms with Gasteiger partial charge in [-0.25, -0.2) is 4.98 Å². The van der Waals surface area contributed by atoms with Crippen LogP contribution in [0.5, 0.6) is 11.5 Å². The fourth-order valence-corrected chi connectivity index (χ4v) is 5.63. The van der Waals surface area contributed by atoms with E-state index in [9.17, 15) is 19.2 Å². The molecule has 2 aliphatic heterocycles. The summed E-state index contributed by atoms with van der Waals surface area (Å²) in [5, 5.41) is 2.18. The van der Waals surface area contributed by atoms with Crippen molar-refractivity contribution in [3.63, 3.8) is 0 Å². The van der Waals surface area contributed by atoms with Crippen LogP contribution in [0.2, 0.25) is 0 Å². The van der Waals surface area contributed by atoms with Crippen molar-refractivity contribution in [1.82, 2.24) is 19.6 Å². The number of hydrogen-bond donors (Lipinski definition) is 1. The number of nitrogens with zero attached hydrogens (tertiary/aromatic N) is 4. The van der Waals surface area contributed by atoms with Crippen LogP contribution in [-0.2, 0) is 23.8 Å². The summed E-state index contributed by atoms with van der Waals surface area (Å²) in [6, 6.07) is 15.5. The highest BCUT2D eigenvalue weighted by Gasteiger charge is 2.44. The number of nitrogens with one attached hydrogen (secondary N) is 1. The second kappa shape index (κ2) is 15.9. The standard InChI is InChI=1S/C36H39N5O9/c1-39(2)25-11-12-40-23-30(37-32(40)21-25)24-3-5-26(6-4-24)49-19-17-47-15-13-46-14-16-48-18-20-50-27-7-8-28-29(22-27)36(45)41(35(28)44)31-9-10-33(42)38-34(31)43/h3-8,11-12,21-23,31H,9-10,13-20H2,1-2H3,(H,38,42,43). The van der Waals surface area contributed by atoms with Gasteiger partial charge in [0, 0.05) is 50.2 Å². The van der Waals surface area contributed by atoms with Crippen molar-refractivity contribution in [1.29, 1.82) is 0 Å². The summed E-state index contributed by atoms with van der Waals surface area (Å²) in [4.78, 5) is 57.1. The highest BCUT2D eigenvalue weighted by molar-refractivity contribution is 6.23. The van der Waals surface area contributed by atoms with Crippen molar-refractivity contribution in [2.45, 2.75) is 18.9 Å². The Hall–Kier alpha value is -5.31. The fraction of sp³-hybridized carbons (Fsp3) is 0.361. The third-order valence-corrected chi connectivity index (χ3v) is 8.26. The van der Waals surface area contributed by atoms with Crippen LogP contribution in [0, 0.1) is 0 Å². The Morgan fingerprint density at radius 1 is 0.760 bits per heavy atom. The van der Waals surface area contributed by atoms with E-state index in [1.54, 1.807) is 6.07 Å². The number of ether oxygens (including phenoxy) is 5. The van der Waals surface area contributed by atoms with Gasteiger partial charge in [0.15, 0.2) is 0 Å². The molecule has 14 nitrogen and oxygen atoms in total. The lowest BCUT2D eigenvalue weighted by molar-refractivity contribution is -0.136. The summed E-state index contributed by atoms with van der Waals surface area (Å²) >= 11 is 0. The maximum Gasteiger partial charge on any atom is 0.262 e. The lowest BCUT2D eigenvalue weighted by Crippen LogP contribution is -2.54. The number of fused-ring (bicyclic) bond motifs is 2. The Kier molecular flexibility index (Phi) is 11.0. The Bertz CT molecular complexity index is 1860. The number of hydrogen-bond acceptors (Lipinski definition) is 11. The minimum Gasteiger partial charge on any atom is -0.491 e. The predicted octanol–water partition coefficient (Wildman–Crippen LogP) is 2.98. The number of aromatic nitrogens is 2. The minimum atomic E-state index is -1.01. The Morgan fingerprint density at radius 3 is 2.04 bits per heavy atom. The number of benzene rings is 2. The molecule has 4 aromatic rings. The minimum absolute atomic E-state index is 0.0643. The zero-order valence-electron chi connectivity index (χ0n) is 28.0. The van der Waals surface area contributed by atoms with Crippen LogP contribution in [-0.4, -0.2) is 111 Å². The van der Waals surface area contributed by atoms with Gasteiger partial charge in [-0.2, -0.15) is 0 Å². The van der Waals surface area contributed by atoms with E-state index in [-0.39, 0.29) is 30.6 Å². The van der Waals surface area contributed by atoms with Crippen LogP contribution >= 0.6 is 0 Å². The summed E-state index contributed by atoms with van der Waals surface area (Å²) in [5.74, 6) is -1.06. The zero-order valence-corrected chi connectivity index (χ0v) is 28.0. The van der Waals surface area contributed by atoms with E-state index in [1.807, 2.05) is 60.1 Å². The van der Waals surface area contributed by atoms with E-state index in [0.29, 0.717) is 52.0 Å². The molecule has 50 heavy (non-hydrogen) atoms. The van der Waals surface area contributed by atoms with Crippen LogP contribution < -0.4 is 19.7 Å². The summed E-state index contributed by atoms with van der Waals surface area (Å²) in [6.07, 6.45) is 4.18. The summed E-state index contributed by atoms with van der Waals surface area (Å²) in [5.41, 5.74) is 4.25.